The molecule has 10 heteroatoms. The summed E-state index contributed by atoms with van der Waals surface area (Å²) in [7, 11) is 0. The zero-order valence-electron chi connectivity index (χ0n) is 16.1. The van der Waals surface area contributed by atoms with Crippen molar-refractivity contribution < 1.29 is 4.92 Å². The molecule has 2 aromatic carbocycles. The molecule has 10 nitrogen and oxygen atoms in total. The maximum Gasteiger partial charge on any atom is 0.353 e. The summed E-state index contributed by atoms with van der Waals surface area (Å²) in [6.07, 6.45) is 4.40. The molecule has 4 rings (SSSR count). The molecule has 0 saturated heterocycles. The maximum absolute atomic E-state index is 11.7. The lowest BCUT2D eigenvalue weighted by molar-refractivity contribution is -0.383. The van der Waals surface area contributed by atoms with Gasteiger partial charge in [0.1, 0.15) is 6.33 Å². The number of rotatable bonds is 7. The molecule has 152 valence electrons. The van der Waals surface area contributed by atoms with Crippen LogP contribution in [0, 0.1) is 10.1 Å². The SMILES string of the molecule is O=[N+]([O-])c1c(Nc2ccncc2)ncnc1Nc1ccc(N=Nc2ccccc2)cc1. The monoisotopic (exact) mass is 412 g/mol. The second-order valence-corrected chi connectivity index (χ2v) is 6.24. The Labute approximate surface area is 176 Å². The Morgan fingerprint density at radius 1 is 0.742 bits per heavy atom. The highest BCUT2D eigenvalue weighted by Crippen LogP contribution is 2.33. The normalized spacial score (nSPS) is 10.7. The van der Waals surface area contributed by atoms with Crippen LogP contribution in [0.1, 0.15) is 0 Å². The number of benzene rings is 2. The summed E-state index contributed by atoms with van der Waals surface area (Å²) in [6, 6.07) is 19.7. The van der Waals surface area contributed by atoms with Gasteiger partial charge in [0, 0.05) is 23.8 Å². The standard InChI is InChI=1S/C21H16N8O2/c30-29(31)19-20(23-14-24-21(19)26-16-10-12-22-13-11-16)25-15-6-8-18(9-7-15)28-27-17-4-2-1-3-5-17/h1-14H,(H2,22,23,24,25,26). The van der Waals surface area contributed by atoms with Crippen molar-refractivity contribution in [3.63, 3.8) is 0 Å². The summed E-state index contributed by atoms with van der Waals surface area (Å²) in [6.45, 7) is 0. The van der Waals surface area contributed by atoms with Crippen molar-refractivity contribution >= 4 is 40.1 Å². The fourth-order valence-corrected chi connectivity index (χ4v) is 2.66. The van der Waals surface area contributed by atoms with Crippen LogP contribution in [0.4, 0.5) is 40.1 Å². The van der Waals surface area contributed by atoms with Crippen molar-refractivity contribution in [1.82, 2.24) is 15.0 Å². The molecule has 2 aromatic heterocycles. The number of nitrogens with zero attached hydrogens (tertiary/aromatic N) is 6. The van der Waals surface area contributed by atoms with E-state index in [1.807, 2.05) is 30.3 Å². The summed E-state index contributed by atoms with van der Waals surface area (Å²) in [5.74, 6) is 0.136. The summed E-state index contributed by atoms with van der Waals surface area (Å²) in [4.78, 5) is 23.1. The number of nitro groups is 1. The second kappa shape index (κ2) is 9.18. The third-order valence-corrected chi connectivity index (χ3v) is 4.12. The second-order valence-electron chi connectivity index (χ2n) is 6.24. The summed E-state index contributed by atoms with van der Waals surface area (Å²) in [5.41, 5.74) is 2.35. The molecular formula is C21H16N8O2. The number of aromatic nitrogens is 3. The van der Waals surface area contributed by atoms with Gasteiger partial charge < -0.3 is 10.6 Å². The molecule has 0 unspecified atom stereocenters. The first-order chi connectivity index (χ1) is 15.2. The van der Waals surface area contributed by atoms with Gasteiger partial charge in [-0.15, -0.1) is 0 Å². The van der Waals surface area contributed by atoms with Gasteiger partial charge in [0.25, 0.3) is 0 Å². The molecular weight excluding hydrogens is 396 g/mol. The molecule has 0 fully saturated rings. The summed E-state index contributed by atoms with van der Waals surface area (Å²) >= 11 is 0. The zero-order chi connectivity index (χ0) is 21.5. The van der Waals surface area contributed by atoms with Crippen LogP contribution in [-0.2, 0) is 0 Å². The molecule has 0 spiro atoms. The van der Waals surface area contributed by atoms with Gasteiger partial charge in [-0.2, -0.15) is 10.2 Å². The molecule has 2 heterocycles. The highest BCUT2D eigenvalue weighted by Gasteiger charge is 2.23. The Bertz CT molecular complexity index is 1200. The van der Waals surface area contributed by atoms with Crippen molar-refractivity contribution in [1.29, 1.82) is 0 Å². The van der Waals surface area contributed by atoms with Crippen LogP contribution in [-0.4, -0.2) is 19.9 Å². The van der Waals surface area contributed by atoms with Crippen molar-refractivity contribution in [2.75, 3.05) is 10.6 Å². The van der Waals surface area contributed by atoms with Crippen LogP contribution >= 0.6 is 0 Å². The fraction of sp³-hybridized carbons (Fsp3) is 0. The molecule has 2 N–H and O–H groups in total. The van der Waals surface area contributed by atoms with E-state index in [0.717, 1.165) is 5.69 Å². The van der Waals surface area contributed by atoms with Crippen LogP contribution in [0.15, 0.2) is 95.7 Å². The molecule has 0 amide bonds. The van der Waals surface area contributed by atoms with Crippen LogP contribution in [0.25, 0.3) is 0 Å². The Morgan fingerprint density at radius 3 is 1.87 bits per heavy atom. The molecule has 4 aromatic rings. The minimum absolute atomic E-state index is 0.0650. The molecule has 0 aliphatic carbocycles. The molecule has 0 bridgehead atoms. The van der Waals surface area contributed by atoms with Gasteiger partial charge >= 0.3 is 5.69 Å². The predicted molar refractivity (Wildman–Crippen MR) is 117 cm³/mol. The molecule has 0 saturated carbocycles. The minimum Gasteiger partial charge on any atom is -0.334 e. The van der Waals surface area contributed by atoms with Crippen LogP contribution in [0.2, 0.25) is 0 Å². The average molecular weight is 412 g/mol. The molecule has 0 aliphatic rings. The average Bonchev–Trinajstić information content (AvgIpc) is 2.80. The first-order valence-electron chi connectivity index (χ1n) is 9.19. The van der Waals surface area contributed by atoms with Crippen LogP contribution in [0.3, 0.4) is 0 Å². The largest absolute Gasteiger partial charge is 0.353 e. The van der Waals surface area contributed by atoms with Crippen molar-refractivity contribution in [2.45, 2.75) is 0 Å². The number of azo groups is 1. The van der Waals surface area contributed by atoms with E-state index in [4.69, 9.17) is 0 Å². The van der Waals surface area contributed by atoms with Gasteiger partial charge in [-0.05, 0) is 48.5 Å². The fourth-order valence-electron chi connectivity index (χ4n) is 2.66. The van der Waals surface area contributed by atoms with Crippen molar-refractivity contribution in [2.24, 2.45) is 10.2 Å². The summed E-state index contributed by atoms with van der Waals surface area (Å²) in [5, 5.41) is 25.9. The van der Waals surface area contributed by atoms with Crippen molar-refractivity contribution in [3.05, 3.63) is 95.6 Å². The van der Waals surface area contributed by atoms with E-state index >= 15 is 0 Å². The van der Waals surface area contributed by atoms with Crippen LogP contribution < -0.4 is 10.6 Å². The number of hydrogen-bond donors (Lipinski definition) is 2. The Kier molecular flexibility index (Phi) is 5.80. The van der Waals surface area contributed by atoms with E-state index in [1.165, 1.54) is 6.33 Å². The van der Waals surface area contributed by atoms with Crippen LogP contribution in [0.5, 0.6) is 0 Å². The van der Waals surface area contributed by atoms with E-state index in [1.54, 1.807) is 48.8 Å². The van der Waals surface area contributed by atoms with Gasteiger partial charge in [-0.3, -0.25) is 15.1 Å². The van der Waals surface area contributed by atoms with Gasteiger partial charge in [0.05, 0.1) is 16.3 Å². The van der Waals surface area contributed by atoms with E-state index in [-0.39, 0.29) is 17.3 Å². The Balaban J connectivity index is 1.54. The topological polar surface area (TPSA) is 131 Å². The van der Waals surface area contributed by atoms with E-state index in [9.17, 15) is 10.1 Å². The number of anilines is 4. The van der Waals surface area contributed by atoms with Gasteiger partial charge in [-0.25, -0.2) is 9.97 Å². The van der Waals surface area contributed by atoms with E-state index in [0.29, 0.717) is 17.1 Å². The minimum atomic E-state index is -0.533. The number of hydrogen-bond acceptors (Lipinski definition) is 9. The lowest BCUT2D eigenvalue weighted by Gasteiger charge is -2.10. The first-order valence-corrected chi connectivity index (χ1v) is 9.19. The predicted octanol–water partition coefficient (Wildman–Crippen LogP) is 5.68. The quantitative estimate of drug-likeness (QED) is 0.227. The Morgan fingerprint density at radius 2 is 1.29 bits per heavy atom. The van der Waals surface area contributed by atoms with Gasteiger partial charge in [0.2, 0.25) is 11.6 Å². The highest BCUT2D eigenvalue weighted by atomic mass is 16.6. The molecule has 31 heavy (non-hydrogen) atoms. The zero-order valence-corrected chi connectivity index (χ0v) is 16.1. The lowest BCUT2D eigenvalue weighted by Crippen LogP contribution is -2.05. The first kappa shape index (κ1) is 19.6. The highest BCUT2D eigenvalue weighted by molar-refractivity contribution is 5.76. The van der Waals surface area contributed by atoms with Gasteiger partial charge in [0.15, 0.2) is 0 Å². The maximum atomic E-state index is 11.7. The van der Waals surface area contributed by atoms with E-state index < -0.39 is 4.92 Å². The number of pyridine rings is 1. The smallest absolute Gasteiger partial charge is 0.334 e. The summed E-state index contributed by atoms with van der Waals surface area (Å²) < 4.78 is 0. The third kappa shape index (κ3) is 5.01. The van der Waals surface area contributed by atoms with Crippen molar-refractivity contribution in [3.8, 4) is 0 Å². The van der Waals surface area contributed by atoms with Gasteiger partial charge in [-0.1, -0.05) is 18.2 Å². The number of nitrogens with one attached hydrogen (secondary N) is 2. The molecule has 0 radical (unpaired) electrons. The lowest BCUT2D eigenvalue weighted by atomic mass is 10.3. The van der Waals surface area contributed by atoms with E-state index in [2.05, 4.69) is 35.8 Å². The molecule has 0 atom stereocenters. The molecule has 0 aliphatic heterocycles. The third-order valence-electron chi connectivity index (χ3n) is 4.12. The Hall–Kier alpha value is -4.73.